The monoisotopic (exact) mass is 321 g/mol. The number of carbonyl (C=O) groups is 2. The molecule has 0 radical (unpaired) electrons. The van der Waals surface area contributed by atoms with E-state index in [0.717, 1.165) is 25.0 Å². The van der Waals surface area contributed by atoms with E-state index in [1.165, 1.54) is 32.5 Å². The Bertz CT molecular complexity index is 642. The zero-order valence-corrected chi connectivity index (χ0v) is 13.2. The predicted molar refractivity (Wildman–Crippen MR) is 84.0 cm³/mol. The van der Waals surface area contributed by atoms with Gasteiger partial charge in [-0.15, -0.1) is 22.7 Å². The standard InChI is InChI=1S/C14H15N3O2S2/c1-17(13(19)11-6-3-7-20-11)8-12(18)16-14-15-9-4-2-5-10(9)21-14/h3,6-7H,2,4-5,8H2,1H3,(H,15,16,18). The summed E-state index contributed by atoms with van der Waals surface area (Å²) in [6.07, 6.45) is 3.21. The minimum atomic E-state index is -0.213. The lowest BCUT2D eigenvalue weighted by atomic mass is 10.4. The molecular formula is C14H15N3O2S2. The zero-order chi connectivity index (χ0) is 14.8. The summed E-state index contributed by atoms with van der Waals surface area (Å²) in [5, 5.41) is 5.27. The number of nitrogens with one attached hydrogen (secondary N) is 1. The molecule has 110 valence electrons. The highest BCUT2D eigenvalue weighted by Gasteiger charge is 2.19. The van der Waals surface area contributed by atoms with E-state index in [1.54, 1.807) is 13.1 Å². The molecule has 2 aromatic rings. The van der Waals surface area contributed by atoms with Crippen molar-refractivity contribution in [3.05, 3.63) is 33.0 Å². The molecule has 1 N–H and O–H groups in total. The maximum Gasteiger partial charge on any atom is 0.264 e. The number of fused-ring (bicyclic) bond motifs is 1. The van der Waals surface area contributed by atoms with Gasteiger partial charge in [0.2, 0.25) is 5.91 Å². The molecule has 0 atom stereocenters. The van der Waals surface area contributed by atoms with Crippen LogP contribution in [0.1, 0.15) is 26.7 Å². The first-order chi connectivity index (χ1) is 10.1. The van der Waals surface area contributed by atoms with Crippen LogP contribution in [-0.2, 0) is 17.6 Å². The fourth-order valence-corrected chi connectivity index (χ4v) is 4.06. The van der Waals surface area contributed by atoms with Gasteiger partial charge in [0, 0.05) is 11.9 Å². The van der Waals surface area contributed by atoms with Gasteiger partial charge in [0.25, 0.3) is 5.91 Å². The maximum atomic E-state index is 12.1. The number of nitrogens with zero attached hydrogens (tertiary/aromatic N) is 2. The Morgan fingerprint density at radius 2 is 2.29 bits per heavy atom. The first-order valence-corrected chi connectivity index (χ1v) is 8.40. The minimum absolute atomic E-state index is 0.0288. The molecule has 0 unspecified atom stereocenters. The number of amides is 2. The molecule has 1 aliphatic carbocycles. The fraction of sp³-hybridized carbons (Fsp3) is 0.357. The molecule has 0 spiro atoms. The lowest BCUT2D eigenvalue weighted by Crippen LogP contribution is -2.34. The van der Waals surface area contributed by atoms with Crippen LogP contribution in [0, 0.1) is 0 Å². The van der Waals surface area contributed by atoms with Crippen LogP contribution in [0.3, 0.4) is 0 Å². The average Bonchev–Trinajstić information content (AvgIpc) is 3.13. The van der Waals surface area contributed by atoms with Gasteiger partial charge >= 0.3 is 0 Å². The number of aromatic nitrogens is 1. The second-order valence-corrected chi connectivity index (χ2v) is 6.96. The Labute approximate surface area is 130 Å². The van der Waals surface area contributed by atoms with E-state index < -0.39 is 0 Å². The van der Waals surface area contributed by atoms with Crippen LogP contribution in [0.25, 0.3) is 0 Å². The molecule has 0 fully saturated rings. The molecule has 0 aliphatic heterocycles. The highest BCUT2D eigenvalue weighted by molar-refractivity contribution is 7.16. The van der Waals surface area contributed by atoms with Gasteiger partial charge in [-0.3, -0.25) is 9.59 Å². The van der Waals surface area contributed by atoms with Gasteiger partial charge in [-0.25, -0.2) is 4.98 Å². The number of carbonyl (C=O) groups excluding carboxylic acids is 2. The number of thiazole rings is 1. The number of aryl methyl sites for hydroxylation is 2. The summed E-state index contributed by atoms with van der Waals surface area (Å²) in [4.78, 5) is 31.8. The summed E-state index contributed by atoms with van der Waals surface area (Å²) in [5.74, 6) is -0.350. The first-order valence-electron chi connectivity index (χ1n) is 6.71. The minimum Gasteiger partial charge on any atom is -0.332 e. The molecule has 2 heterocycles. The van der Waals surface area contributed by atoms with Crippen LogP contribution in [0.15, 0.2) is 17.5 Å². The van der Waals surface area contributed by atoms with Crippen molar-refractivity contribution in [3.8, 4) is 0 Å². The van der Waals surface area contributed by atoms with Crippen molar-refractivity contribution < 1.29 is 9.59 Å². The van der Waals surface area contributed by atoms with Crippen LogP contribution in [0.2, 0.25) is 0 Å². The third-order valence-corrected chi connectivity index (χ3v) is 5.23. The van der Waals surface area contributed by atoms with Crippen molar-refractivity contribution in [1.82, 2.24) is 9.88 Å². The zero-order valence-electron chi connectivity index (χ0n) is 11.6. The van der Waals surface area contributed by atoms with E-state index in [0.29, 0.717) is 10.0 Å². The fourth-order valence-electron chi connectivity index (χ4n) is 2.28. The second kappa shape index (κ2) is 5.95. The maximum absolute atomic E-state index is 12.1. The number of hydrogen-bond acceptors (Lipinski definition) is 5. The Morgan fingerprint density at radius 3 is 3.00 bits per heavy atom. The number of likely N-dealkylation sites (N-methyl/N-ethyl adjacent to an activating group) is 1. The highest BCUT2D eigenvalue weighted by Crippen LogP contribution is 2.30. The summed E-state index contributed by atoms with van der Waals surface area (Å²) in [6.45, 7) is 0.0288. The lowest BCUT2D eigenvalue weighted by Gasteiger charge is -2.15. The third kappa shape index (κ3) is 3.14. The Kier molecular flexibility index (Phi) is 4.03. The largest absolute Gasteiger partial charge is 0.332 e. The molecule has 0 saturated heterocycles. The van der Waals surface area contributed by atoms with E-state index in [4.69, 9.17) is 0 Å². The average molecular weight is 321 g/mol. The number of thiophene rings is 1. The lowest BCUT2D eigenvalue weighted by molar-refractivity contribution is -0.116. The highest BCUT2D eigenvalue weighted by atomic mass is 32.1. The van der Waals surface area contributed by atoms with Crippen molar-refractivity contribution in [2.45, 2.75) is 19.3 Å². The summed E-state index contributed by atoms with van der Waals surface area (Å²) in [5.41, 5.74) is 1.11. The normalized spacial score (nSPS) is 13.0. The van der Waals surface area contributed by atoms with Gasteiger partial charge < -0.3 is 10.2 Å². The van der Waals surface area contributed by atoms with E-state index >= 15 is 0 Å². The molecule has 0 bridgehead atoms. The van der Waals surface area contributed by atoms with Crippen LogP contribution in [0.4, 0.5) is 5.13 Å². The molecule has 0 saturated carbocycles. The van der Waals surface area contributed by atoms with Gasteiger partial charge in [0.1, 0.15) is 0 Å². The Hall–Kier alpha value is -1.73. The van der Waals surface area contributed by atoms with E-state index in [1.807, 2.05) is 11.4 Å². The summed E-state index contributed by atoms with van der Waals surface area (Å²) >= 11 is 2.91. The van der Waals surface area contributed by atoms with Crippen LogP contribution in [0.5, 0.6) is 0 Å². The summed E-state index contributed by atoms with van der Waals surface area (Å²) in [6, 6.07) is 3.58. The smallest absolute Gasteiger partial charge is 0.264 e. The van der Waals surface area contributed by atoms with Crippen molar-refractivity contribution in [3.63, 3.8) is 0 Å². The molecule has 2 aromatic heterocycles. The van der Waals surface area contributed by atoms with E-state index in [9.17, 15) is 9.59 Å². The summed E-state index contributed by atoms with van der Waals surface area (Å²) < 4.78 is 0. The van der Waals surface area contributed by atoms with Gasteiger partial charge in [0.15, 0.2) is 5.13 Å². The molecule has 0 aromatic carbocycles. The van der Waals surface area contributed by atoms with E-state index in [2.05, 4.69) is 10.3 Å². The van der Waals surface area contributed by atoms with Crippen LogP contribution >= 0.6 is 22.7 Å². The Morgan fingerprint density at radius 1 is 1.43 bits per heavy atom. The van der Waals surface area contributed by atoms with Gasteiger partial charge in [0.05, 0.1) is 17.1 Å². The van der Waals surface area contributed by atoms with Crippen LogP contribution < -0.4 is 5.32 Å². The number of hydrogen-bond donors (Lipinski definition) is 1. The summed E-state index contributed by atoms with van der Waals surface area (Å²) in [7, 11) is 1.63. The van der Waals surface area contributed by atoms with Crippen LogP contribution in [-0.4, -0.2) is 35.3 Å². The molecule has 3 rings (SSSR count). The molecule has 7 heteroatoms. The van der Waals surface area contributed by atoms with Gasteiger partial charge in [-0.2, -0.15) is 0 Å². The molecule has 1 aliphatic rings. The van der Waals surface area contributed by atoms with E-state index in [-0.39, 0.29) is 18.4 Å². The topological polar surface area (TPSA) is 62.3 Å². The number of rotatable bonds is 4. The van der Waals surface area contributed by atoms with Crippen molar-refractivity contribution >= 4 is 39.6 Å². The van der Waals surface area contributed by atoms with Crippen molar-refractivity contribution in [2.75, 3.05) is 18.9 Å². The van der Waals surface area contributed by atoms with Crippen molar-refractivity contribution in [2.24, 2.45) is 0 Å². The molecule has 21 heavy (non-hydrogen) atoms. The molecule has 5 nitrogen and oxygen atoms in total. The SMILES string of the molecule is CN(CC(=O)Nc1nc2c(s1)CCC2)C(=O)c1cccs1. The number of anilines is 1. The second-order valence-electron chi connectivity index (χ2n) is 4.93. The third-order valence-electron chi connectivity index (χ3n) is 3.30. The predicted octanol–water partition coefficient (Wildman–Crippen LogP) is 2.40. The Balaban J connectivity index is 1.57. The van der Waals surface area contributed by atoms with Gasteiger partial charge in [-0.05, 0) is 30.7 Å². The van der Waals surface area contributed by atoms with Gasteiger partial charge in [-0.1, -0.05) is 6.07 Å². The molecule has 2 amide bonds. The van der Waals surface area contributed by atoms with Crippen molar-refractivity contribution in [1.29, 1.82) is 0 Å². The molecular weight excluding hydrogens is 306 g/mol. The quantitative estimate of drug-likeness (QED) is 0.940. The first kappa shape index (κ1) is 14.2.